The lowest BCUT2D eigenvalue weighted by molar-refractivity contribution is -0.873. The number of carbonyl (C=O) groups is 2. The SMILES string of the molecule is CCC(=O)O[C@@H](CC(=O)[O-])C[N+](C)(C)C. The average Bonchev–Trinajstić information content (AvgIpc) is 1.99. The predicted molar refractivity (Wildman–Crippen MR) is 52.7 cm³/mol. The average molecular weight is 217 g/mol. The number of quaternary nitrogens is 1. The van der Waals surface area contributed by atoms with Gasteiger partial charge in [0.25, 0.3) is 0 Å². The lowest BCUT2D eigenvalue weighted by atomic mass is 10.2. The van der Waals surface area contributed by atoms with Gasteiger partial charge in [0.2, 0.25) is 0 Å². The zero-order chi connectivity index (χ0) is 12.1. The van der Waals surface area contributed by atoms with E-state index >= 15 is 0 Å². The molecule has 0 saturated heterocycles. The summed E-state index contributed by atoms with van der Waals surface area (Å²) in [5, 5.41) is 10.5. The Morgan fingerprint density at radius 1 is 1.33 bits per heavy atom. The van der Waals surface area contributed by atoms with Crippen LogP contribution in [0.1, 0.15) is 19.8 Å². The molecular formula is C10H19NO4. The first-order valence-electron chi connectivity index (χ1n) is 4.94. The van der Waals surface area contributed by atoms with Crippen LogP contribution in [0.4, 0.5) is 0 Å². The van der Waals surface area contributed by atoms with E-state index in [0.29, 0.717) is 11.0 Å². The van der Waals surface area contributed by atoms with Gasteiger partial charge in [0, 0.05) is 18.8 Å². The highest BCUT2D eigenvalue weighted by Gasteiger charge is 2.21. The molecule has 0 aliphatic rings. The smallest absolute Gasteiger partial charge is 0.306 e. The van der Waals surface area contributed by atoms with Crippen molar-refractivity contribution < 1.29 is 23.9 Å². The van der Waals surface area contributed by atoms with Crippen LogP contribution in [0.15, 0.2) is 0 Å². The maximum atomic E-state index is 11.0. The standard InChI is InChI=1S/C10H19NO4/c1-5-10(14)15-8(6-9(12)13)7-11(2,3)4/h8H,5-7H2,1-4H3/t8-/m0/s1. The number of hydrogen-bond donors (Lipinski definition) is 0. The minimum Gasteiger partial charge on any atom is -0.550 e. The Morgan fingerprint density at radius 3 is 2.20 bits per heavy atom. The van der Waals surface area contributed by atoms with Crippen molar-refractivity contribution in [3.63, 3.8) is 0 Å². The number of carboxylic acids is 1. The first-order chi connectivity index (χ1) is 6.74. The van der Waals surface area contributed by atoms with Crippen LogP contribution in [0.3, 0.4) is 0 Å². The van der Waals surface area contributed by atoms with Crippen LogP contribution in [-0.4, -0.2) is 50.2 Å². The van der Waals surface area contributed by atoms with Gasteiger partial charge in [0.05, 0.1) is 21.1 Å². The molecule has 0 radical (unpaired) electrons. The lowest BCUT2D eigenvalue weighted by Crippen LogP contribution is -2.45. The van der Waals surface area contributed by atoms with Crippen molar-refractivity contribution in [3.05, 3.63) is 0 Å². The molecule has 0 aliphatic carbocycles. The topological polar surface area (TPSA) is 66.4 Å². The largest absolute Gasteiger partial charge is 0.550 e. The van der Waals surface area contributed by atoms with Crippen LogP contribution in [0.5, 0.6) is 0 Å². The number of carboxylic acid groups (broad SMARTS) is 1. The Balaban J connectivity index is 4.31. The van der Waals surface area contributed by atoms with Gasteiger partial charge in [-0.1, -0.05) is 6.92 Å². The Labute approximate surface area is 90.2 Å². The highest BCUT2D eigenvalue weighted by Crippen LogP contribution is 2.05. The minimum atomic E-state index is -1.20. The zero-order valence-corrected chi connectivity index (χ0v) is 9.78. The molecule has 0 aromatic carbocycles. The number of carbonyl (C=O) groups excluding carboxylic acids is 2. The third-order valence-electron chi connectivity index (χ3n) is 1.73. The van der Waals surface area contributed by atoms with Gasteiger partial charge >= 0.3 is 5.97 Å². The molecule has 0 spiro atoms. The van der Waals surface area contributed by atoms with E-state index in [-0.39, 0.29) is 18.8 Å². The molecule has 0 fully saturated rings. The summed E-state index contributed by atoms with van der Waals surface area (Å²) in [6, 6.07) is 0. The third-order valence-corrected chi connectivity index (χ3v) is 1.73. The zero-order valence-electron chi connectivity index (χ0n) is 9.78. The van der Waals surface area contributed by atoms with Crippen LogP contribution in [0.2, 0.25) is 0 Å². The molecule has 0 heterocycles. The maximum Gasteiger partial charge on any atom is 0.306 e. The van der Waals surface area contributed by atoms with Crippen molar-refractivity contribution in [1.29, 1.82) is 0 Å². The Hall–Kier alpha value is -1.10. The summed E-state index contributed by atoms with van der Waals surface area (Å²) in [7, 11) is 5.71. The summed E-state index contributed by atoms with van der Waals surface area (Å²) in [6.45, 7) is 2.13. The normalized spacial score (nSPS) is 13.3. The summed E-state index contributed by atoms with van der Waals surface area (Å²) < 4.78 is 5.55. The highest BCUT2D eigenvalue weighted by molar-refractivity contribution is 5.70. The Kier molecular flexibility index (Phi) is 5.28. The van der Waals surface area contributed by atoms with Crippen LogP contribution >= 0.6 is 0 Å². The summed E-state index contributed by atoms with van der Waals surface area (Å²) in [5.74, 6) is -1.58. The molecule has 0 aromatic rings. The van der Waals surface area contributed by atoms with E-state index in [1.807, 2.05) is 21.1 Å². The van der Waals surface area contributed by atoms with Crippen LogP contribution in [-0.2, 0) is 14.3 Å². The lowest BCUT2D eigenvalue weighted by Gasteiger charge is -2.29. The van der Waals surface area contributed by atoms with Crippen LogP contribution in [0.25, 0.3) is 0 Å². The minimum absolute atomic E-state index is 0.249. The van der Waals surface area contributed by atoms with Crippen LogP contribution < -0.4 is 5.11 Å². The van der Waals surface area contributed by atoms with Gasteiger partial charge in [-0.25, -0.2) is 0 Å². The molecule has 0 bridgehead atoms. The van der Waals surface area contributed by atoms with Gasteiger partial charge in [-0.3, -0.25) is 4.79 Å². The predicted octanol–water partition coefficient (Wildman–Crippen LogP) is -0.846. The van der Waals surface area contributed by atoms with Crippen molar-refractivity contribution in [2.24, 2.45) is 0 Å². The fourth-order valence-corrected chi connectivity index (χ4v) is 1.21. The van der Waals surface area contributed by atoms with Crippen molar-refractivity contribution in [1.82, 2.24) is 0 Å². The summed E-state index contributed by atoms with van der Waals surface area (Å²) in [5.41, 5.74) is 0. The fraction of sp³-hybridized carbons (Fsp3) is 0.800. The Bertz CT molecular complexity index is 232. The van der Waals surface area contributed by atoms with Crippen LogP contribution in [0, 0.1) is 0 Å². The van der Waals surface area contributed by atoms with Crippen molar-refractivity contribution in [3.8, 4) is 0 Å². The van der Waals surface area contributed by atoms with Crippen molar-refractivity contribution in [2.75, 3.05) is 27.7 Å². The van der Waals surface area contributed by atoms with E-state index in [1.165, 1.54) is 0 Å². The molecular weight excluding hydrogens is 198 g/mol. The molecule has 0 aromatic heterocycles. The number of nitrogens with zero attached hydrogens (tertiary/aromatic N) is 1. The number of esters is 1. The van der Waals surface area contributed by atoms with E-state index in [9.17, 15) is 14.7 Å². The Morgan fingerprint density at radius 2 is 1.87 bits per heavy atom. The van der Waals surface area contributed by atoms with Gasteiger partial charge in [0.1, 0.15) is 6.54 Å². The highest BCUT2D eigenvalue weighted by atomic mass is 16.5. The third kappa shape index (κ3) is 7.93. The monoisotopic (exact) mass is 217 g/mol. The summed E-state index contributed by atoms with van der Waals surface area (Å²) in [4.78, 5) is 21.5. The molecule has 0 amide bonds. The van der Waals surface area contributed by atoms with Gasteiger partial charge in [-0.2, -0.15) is 0 Å². The molecule has 0 N–H and O–H groups in total. The van der Waals surface area contributed by atoms with Gasteiger partial charge < -0.3 is 19.1 Å². The molecule has 0 saturated carbocycles. The van der Waals surface area contributed by atoms with E-state index in [1.54, 1.807) is 6.92 Å². The second kappa shape index (κ2) is 5.70. The van der Waals surface area contributed by atoms with Gasteiger partial charge in [0.15, 0.2) is 6.10 Å². The second-order valence-corrected chi connectivity index (χ2v) is 4.51. The van der Waals surface area contributed by atoms with E-state index < -0.39 is 12.1 Å². The first-order valence-corrected chi connectivity index (χ1v) is 4.94. The molecule has 5 heteroatoms. The number of likely N-dealkylation sites (N-methyl/N-ethyl adjacent to an activating group) is 1. The van der Waals surface area contributed by atoms with E-state index in [0.717, 1.165) is 0 Å². The number of rotatable bonds is 6. The molecule has 0 unspecified atom stereocenters. The number of aliphatic carboxylic acids is 1. The number of ether oxygens (including phenoxy) is 1. The molecule has 15 heavy (non-hydrogen) atoms. The van der Waals surface area contributed by atoms with Gasteiger partial charge in [-0.15, -0.1) is 0 Å². The second-order valence-electron chi connectivity index (χ2n) is 4.51. The van der Waals surface area contributed by atoms with E-state index in [4.69, 9.17) is 4.74 Å². The molecule has 1 atom stereocenters. The fourth-order valence-electron chi connectivity index (χ4n) is 1.21. The maximum absolute atomic E-state index is 11.0. The molecule has 0 rings (SSSR count). The number of hydrogen-bond acceptors (Lipinski definition) is 4. The quantitative estimate of drug-likeness (QED) is 0.429. The molecule has 88 valence electrons. The molecule has 5 nitrogen and oxygen atoms in total. The van der Waals surface area contributed by atoms with Crippen molar-refractivity contribution in [2.45, 2.75) is 25.9 Å². The van der Waals surface area contributed by atoms with Gasteiger partial charge in [-0.05, 0) is 0 Å². The first kappa shape index (κ1) is 13.9. The van der Waals surface area contributed by atoms with E-state index in [2.05, 4.69) is 0 Å². The van der Waals surface area contributed by atoms with Crippen molar-refractivity contribution >= 4 is 11.9 Å². The summed E-state index contributed by atoms with van der Waals surface area (Å²) >= 11 is 0. The summed E-state index contributed by atoms with van der Waals surface area (Å²) in [6.07, 6.45) is -0.607. The molecule has 0 aliphatic heterocycles.